The SMILES string of the molecule is CC(=O)/C(=C/C(S)=C(/N)S(=O)(=O)O)C(=O)Nc1ccccc1. The van der Waals surface area contributed by atoms with Gasteiger partial charge in [-0.3, -0.25) is 14.1 Å². The highest BCUT2D eigenvalue weighted by Gasteiger charge is 2.18. The minimum absolute atomic E-state index is 0.361. The molecular weight excluding hydrogens is 328 g/mol. The van der Waals surface area contributed by atoms with Crippen molar-refractivity contribution < 1.29 is 22.6 Å². The largest absolute Gasteiger partial charge is 0.387 e. The van der Waals surface area contributed by atoms with Crippen molar-refractivity contribution >= 4 is 40.1 Å². The lowest BCUT2D eigenvalue weighted by molar-refractivity contribution is -0.118. The average molecular weight is 342 g/mol. The number of hydrogen-bond donors (Lipinski definition) is 4. The number of thiol groups is 1. The molecule has 0 radical (unpaired) electrons. The van der Waals surface area contributed by atoms with E-state index < -0.39 is 31.7 Å². The Balaban J connectivity index is 3.17. The van der Waals surface area contributed by atoms with Crippen LogP contribution in [0.1, 0.15) is 6.92 Å². The molecule has 4 N–H and O–H groups in total. The Hall–Kier alpha value is -2.10. The summed E-state index contributed by atoms with van der Waals surface area (Å²) in [4.78, 5) is 23.2. The second-order valence-electron chi connectivity index (χ2n) is 4.16. The predicted octanol–water partition coefficient (Wildman–Crippen LogP) is 1.09. The molecule has 0 saturated carbocycles. The van der Waals surface area contributed by atoms with E-state index in [-0.39, 0.29) is 5.57 Å². The second-order valence-corrected chi connectivity index (χ2v) is 6.03. The molecule has 0 aliphatic heterocycles. The third-order valence-corrected chi connectivity index (χ3v) is 3.76. The van der Waals surface area contributed by atoms with Crippen molar-refractivity contribution in [3.05, 3.63) is 51.9 Å². The van der Waals surface area contributed by atoms with Crippen molar-refractivity contribution in [3.8, 4) is 0 Å². The fraction of sp³-hybridized carbons (Fsp3) is 0.0769. The van der Waals surface area contributed by atoms with E-state index in [4.69, 9.17) is 10.3 Å². The first-order valence-corrected chi connectivity index (χ1v) is 7.77. The van der Waals surface area contributed by atoms with E-state index in [1.807, 2.05) is 0 Å². The van der Waals surface area contributed by atoms with Gasteiger partial charge in [0.25, 0.3) is 5.91 Å². The van der Waals surface area contributed by atoms with Gasteiger partial charge in [-0.15, -0.1) is 12.6 Å². The minimum atomic E-state index is -4.66. The monoisotopic (exact) mass is 342 g/mol. The van der Waals surface area contributed by atoms with E-state index >= 15 is 0 Å². The maximum Gasteiger partial charge on any atom is 0.310 e. The Morgan fingerprint density at radius 1 is 1.27 bits per heavy atom. The van der Waals surface area contributed by atoms with Gasteiger partial charge in [-0.1, -0.05) is 18.2 Å². The standard InChI is InChI=1S/C13H14N2O5S2/c1-8(16)10(7-11(21)12(14)22(18,19)20)13(17)15-9-5-3-2-4-6-9/h2-7,21H,14H2,1H3,(H,15,17)(H,18,19,20)/b10-7-,12-11+. The fourth-order valence-corrected chi connectivity index (χ4v) is 2.19. The number of amides is 1. The van der Waals surface area contributed by atoms with E-state index in [1.54, 1.807) is 30.3 Å². The zero-order valence-electron chi connectivity index (χ0n) is 11.5. The molecular formula is C13H14N2O5S2. The number of rotatable bonds is 5. The van der Waals surface area contributed by atoms with Crippen molar-refractivity contribution in [2.75, 3.05) is 5.32 Å². The summed E-state index contributed by atoms with van der Waals surface area (Å²) in [6.45, 7) is 1.13. The van der Waals surface area contributed by atoms with Gasteiger partial charge in [0.05, 0.1) is 5.57 Å². The molecule has 0 heterocycles. The summed E-state index contributed by atoms with van der Waals surface area (Å²) in [6, 6.07) is 8.35. The van der Waals surface area contributed by atoms with Crippen molar-refractivity contribution in [2.45, 2.75) is 6.92 Å². The van der Waals surface area contributed by atoms with Gasteiger partial charge in [0, 0.05) is 10.6 Å². The highest BCUT2D eigenvalue weighted by molar-refractivity contribution is 7.91. The molecule has 1 rings (SSSR count). The zero-order valence-corrected chi connectivity index (χ0v) is 13.2. The molecule has 0 unspecified atom stereocenters. The Morgan fingerprint density at radius 3 is 2.27 bits per heavy atom. The van der Waals surface area contributed by atoms with Gasteiger partial charge in [-0.2, -0.15) is 8.42 Å². The summed E-state index contributed by atoms with van der Waals surface area (Å²) in [5.74, 6) is -1.38. The summed E-state index contributed by atoms with van der Waals surface area (Å²) < 4.78 is 30.6. The fourth-order valence-electron chi connectivity index (χ4n) is 1.39. The summed E-state index contributed by atoms with van der Waals surface area (Å²) in [5, 5.41) is 1.51. The second kappa shape index (κ2) is 7.25. The Labute approximate surface area is 133 Å². The van der Waals surface area contributed by atoms with Crippen LogP contribution in [0.25, 0.3) is 0 Å². The van der Waals surface area contributed by atoms with Gasteiger partial charge in [-0.25, -0.2) is 0 Å². The van der Waals surface area contributed by atoms with E-state index in [1.165, 1.54) is 0 Å². The maximum absolute atomic E-state index is 12.1. The average Bonchev–Trinajstić information content (AvgIpc) is 2.43. The highest BCUT2D eigenvalue weighted by atomic mass is 32.2. The van der Waals surface area contributed by atoms with Crippen LogP contribution in [-0.2, 0) is 19.7 Å². The molecule has 0 bridgehead atoms. The Bertz CT molecular complexity index is 752. The molecule has 1 aromatic carbocycles. The number of anilines is 1. The number of carbonyl (C=O) groups excluding carboxylic acids is 2. The van der Waals surface area contributed by atoms with E-state index in [0.717, 1.165) is 13.0 Å². The predicted molar refractivity (Wildman–Crippen MR) is 85.6 cm³/mol. The molecule has 0 fully saturated rings. The van der Waals surface area contributed by atoms with Crippen LogP contribution in [0.3, 0.4) is 0 Å². The van der Waals surface area contributed by atoms with Crippen molar-refractivity contribution in [1.82, 2.24) is 0 Å². The van der Waals surface area contributed by atoms with Gasteiger partial charge in [0.1, 0.15) is 0 Å². The third-order valence-electron chi connectivity index (χ3n) is 2.47. The first kappa shape index (κ1) is 18.0. The first-order chi connectivity index (χ1) is 10.1. The summed E-state index contributed by atoms with van der Waals surface area (Å²) >= 11 is 3.78. The molecule has 118 valence electrons. The topological polar surface area (TPSA) is 127 Å². The number of Topliss-reactive ketones (excluding diaryl/α,β-unsaturated/α-hetero) is 1. The van der Waals surface area contributed by atoms with Crippen LogP contribution in [0.5, 0.6) is 0 Å². The molecule has 0 spiro atoms. The lowest BCUT2D eigenvalue weighted by Gasteiger charge is -2.07. The molecule has 0 atom stereocenters. The number of nitrogens with one attached hydrogen (secondary N) is 1. The molecule has 7 nitrogen and oxygen atoms in total. The number of nitrogens with two attached hydrogens (primary N) is 1. The van der Waals surface area contributed by atoms with Crippen LogP contribution >= 0.6 is 12.6 Å². The smallest absolute Gasteiger partial charge is 0.310 e. The lowest BCUT2D eigenvalue weighted by atomic mass is 10.1. The quantitative estimate of drug-likeness (QED) is 0.158. The number of ketones is 1. The molecule has 1 amide bonds. The molecule has 1 aromatic rings. The van der Waals surface area contributed by atoms with Crippen molar-refractivity contribution in [1.29, 1.82) is 0 Å². The lowest BCUT2D eigenvalue weighted by Crippen LogP contribution is -2.19. The third kappa shape index (κ3) is 5.02. The van der Waals surface area contributed by atoms with E-state index in [0.29, 0.717) is 5.69 Å². The van der Waals surface area contributed by atoms with Crippen LogP contribution in [0, 0.1) is 0 Å². The van der Waals surface area contributed by atoms with Crippen LogP contribution in [0.15, 0.2) is 51.9 Å². The van der Waals surface area contributed by atoms with E-state index in [2.05, 4.69) is 17.9 Å². The van der Waals surface area contributed by atoms with Gasteiger partial charge in [0.15, 0.2) is 10.8 Å². The first-order valence-electron chi connectivity index (χ1n) is 5.88. The molecule has 9 heteroatoms. The zero-order chi connectivity index (χ0) is 16.9. The maximum atomic E-state index is 12.1. The molecule has 0 saturated heterocycles. The van der Waals surface area contributed by atoms with Crippen molar-refractivity contribution in [3.63, 3.8) is 0 Å². The normalized spacial score (nSPS) is 13.3. The summed E-state index contributed by atoms with van der Waals surface area (Å²) in [5.41, 5.74) is 5.26. The van der Waals surface area contributed by atoms with Gasteiger partial charge >= 0.3 is 10.1 Å². The molecule has 0 aromatic heterocycles. The number of allylic oxidation sites excluding steroid dienone is 1. The van der Waals surface area contributed by atoms with Crippen LogP contribution in [0.4, 0.5) is 5.69 Å². The summed E-state index contributed by atoms with van der Waals surface area (Å²) in [7, 11) is -4.66. The van der Waals surface area contributed by atoms with Gasteiger partial charge < -0.3 is 11.1 Å². The number of carbonyl (C=O) groups is 2. The number of benzene rings is 1. The summed E-state index contributed by atoms with van der Waals surface area (Å²) in [6.07, 6.45) is 0.882. The Kier molecular flexibility index (Phi) is 5.92. The van der Waals surface area contributed by atoms with Crippen LogP contribution in [0.2, 0.25) is 0 Å². The Morgan fingerprint density at radius 2 is 1.82 bits per heavy atom. The van der Waals surface area contributed by atoms with Crippen LogP contribution in [-0.4, -0.2) is 24.7 Å². The number of hydrogen-bond acceptors (Lipinski definition) is 6. The van der Waals surface area contributed by atoms with Gasteiger partial charge in [0.2, 0.25) is 0 Å². The van der Waals surface area contributed by atoms with Crippen molar-refractivity contribution in [2.24, 2.45) is 5.73 Å². The number of para-hydroxylation sites is 1. The minimum Gasteiger partial charge on any atom is -0.387 e. The van der Waals surface area contributed by atoms with Gasteiger partial charge in [-0.05, 0) is 25.1 Å². The highest BCUT2D eigenvalue weighted by Crippen LogP contribution is 2.15. The molecule has 0 aliphatic rings. The molecule has 22 heavy (non-hydrogen) atoms. The molecule has 0 aliphatic carbocycles. The van der Waals surface area contributed by atoms with E-state index in [9.17, 15) is 18.0 Å². The van der Waals surface area contributed by atoms with Crippen LogP contribution < -0.4 is 11.1 Å².